The second kappa shape index (κ2) is 5.09. The lowest BCUT2D eigenvalue weighted by Gasteiger charge is -2.02. The van der Waals surface area contributed by atoms with Gasteiger partial charge in [-0.25, -0.2) is 15.0 Å². The summed E-state index contributed by atoms with van der Waals surface area (Å²) in [5.74, 6) is 0.853. The van der Waals surface area contributed by atoms with Crippen LogP contribution in [0.3, 0.4) is 0 Å². The maximum absolute atomic E-state index is 4.19. The van der Waals surface area contributed by atoms with Gasteiger partial charge in [-0.1, -0.05) is 0 Å². The van der Waals surface area contributed by atoms with Gasteiger partial charge in [-0.15, -0.1) is 11.3 Å². The Hall–Kier alpha value is -1.14. The minimum atomic E-state index is 0.853. The van der Waals surface area contributed by atoms with E-state index in [0.29, 0.717) is 0 Å². The van der Waals surface area contributed by atoms with Crippen LogP contribution in [0.5, 0.6) is 0 Å². The summed E-state index contributed by atoms with van der Waals surface area (Å²) in [6, 6.07) is 1.93. The first-order valence-corrected chi connectivity index (χ1v) is 6.21. The third kappa shape index (κ3) is 2.90. The van der Waals surface area contributed by atoms with Crippen molar-refractivity contribution in [2.24, 2.45) is 0 Å². The van der Waals surface area contributed by atoms with Crippen LogP contribution in [0.1, 0.15) is 6.92 Å². The quantitative estimate of drug-likeness (QED) is 0.829. The Morgan fingerprint density at radius 3 is 3.07 bits per heavy atom. The summed E-state index contributed by atoms with van der Waals surface area (Å²) < 4.78 is 0.996. The van der Waals surface area contributed by atoms with E-state index in [9.17, 15) is 0 Å². The van der Waals surface area contributed by atoms with Crippen LogP contribution in [-0.4, -0.2) is 21.5 Å². The first-order chi connectivity index (χ1) is 7.38. The number of anilines is 1. The zero-order chi connectivity index (χ0) is 10.5. The molecule has 15 heavy (non-hydrogen) atoms. The van der Waals surface area contributed by atoms with E-state index in [1.807, 2.05) is 18.4 Å². The highest BCUT2D eigenvalue weighted by Gasteiger charge is 2.02. The highest BCUT2D eigenvalue weighted by Crippen LogP contribution is 2.27. The molecule has 4 nitrogen and oxygen atoms in total. The first kappa shape index (κ1) is 10.4. The van der Waals surface area contributed by atoms with Crippen molar-refractivity contribution in [2.45, 2.75) is 16.3 Å². The van der Waals surface area contributed by atoms with Crippen LogP contribution in [0.25, 0.3) is 0 Å². The van der Waals surface area contributed by atoms with Crippen LogP contribution < -0.4 is 5.32 Å². The predicted octanol–water partition coefficient (Wildman–Crippen LogP) is 2.52. The third-order valence-electron chi connectivity index (χ3n) is 1.60. The average molecular weight is 238 g/mol. The van der Waals surface area contributed by atoms with Crippen molar-refractivity contribution in [3.8, 4) is 0 Å². The van der Waals surface area contributed by atoms with E-state index in [-0.39, 0.29) is 0 Å². The molecule has 0 aliphatic heterocycles. The monoisotopic (exact) mass is 238 g/mol. The van der Waals surface area contributed by atoms with E-state index in [0.717, 1.165) is 21.7 Å². The lowest BCUT2D eigenvalue weighted by Crippen LogP contribution is -1.99. The summed E-state index contributed by atoms with van der Waals surface area (Å²) in [4.78, 5) is 12.5. The Balaban J connectivity index is 2.11. The Morgan fingerprint density at radius 2 is 2.33 bits per heavy atom. The lowest BCUT2D eigenvalue weighted by molar-refractivity contribution is 1.03. The van der Waals surface area contributed by atoms with Gasteiger partial charge in [0.2, 0.25) is 0 Å². The molecule has 0 spiro atoms. The maximum atomic E-state index is 4.19. The van der Waals surface area contributed by atoms with Crippen molar-refractivity contribution in [2.75, 3.05) is 11.9 Å². The molecule has 0 unspecified atom stereocenters. The second-order valence-electron chi connectivity index (χ2n) is 2.67. The van der Waals surface area contributed by atoms with Crippen molar-refractivity contribution in [1.82, 2.24) is 15.0 Å². The number of rotatable bonds is 4. The Morgan fingerprint density at radius 1 is 1.40 bits per heavy atom. The summed E-state index contributed by atoms with van der Waals surface area (Å²) in [7, 11) is 0. The summed E-state index contributed by atoms with van der Waals surface area (Å²) in [6.45, 7) is 2.90. The Bertz CT molecular complexity index is 416. The van der Waals surface area contributed by atoms with Gasteiger partial charge in [0.05, 0.1) is 0 Å². The number of thiazole rings is 1. The van der Waals surface area contributed by atoms with Gasteiger partial charge >= 0.3 is 0 Å². The molecule has 0 saturated heterocycles. The highest BCUT2D eigenvalue weighted by atomic mass is 32.2. The molecule has 78 valence electrons. The van der Waals surface area contributed by atoms with Gasteiger partial charge in [0, 0.05) is 24.2 Å². The molecule has 1 N–H and O–H groups in total. The third-order valence-corrected chi connectivity index (χ3v) is 3.42. The fourth-order valence-electron chi connectivity index (χ4n) is 1.02. The maximum Gasteiger partial charge on any atom is 0.156 e. The van der Waals surface area contributed by atoms with Crippen LogP contribution in [0, 0.1) is 0 Å². The van der Waals surface area contributed by atoms with Crippen LogP contribution in [0.15, 0.2) is 33.3 Å². The van der Waals surface area contributed by atoms with Gasteiger partial charge in [0.15, 0.2) is 4.34 Å². The molecule has 2 heterocycles. The average Bonchev–Trinajstić information content (AvgIpc) is 2.71. The van der Waals surface area contributed by atoms with Crippen LogP contribution in [0.4, 0.5) is 5.82 Å². The molecule has 0 atom stereocenters. The number of aromatic nitrogens is 3. The largest absolute Gasteiger partial charge is 0.370 e. The zero-order valence-corrected chi connectivity index (χ0v) is 9.81. The van der Waals surface area contributed by atoms with Crippen molar-refractivity contribution in [1.29, 1.82) is 0 Å². The Labute approximate surface area is 96.2 Å². The predicted molar refractivity (Wildman–Crippen MR) is 62.4 cm³/mol. The van der Waals surface area contributed by atoms with Gasteiger partial charge in [-0.05, 0) is 18.7 Å². The molecule has 0 amide bonds. The molecule has 6 heteroatoms. The van der Waals surface area contributed by atoms with E-state index in [2.05, 4.69) is 20.3 Å². The molecule has 2 aromatic rings. The lowest BCUT2D eigenvalue weighted by atomic mass is 10.5. The fourth-order valence-corrected chi connectivity index (χ4v) is 2.56. The highest BCUT2D eigenvalue weighted by molar-refractivity contribution is 8.01. The van der Waals surface area contributed by atoms with Gasteiger partial charge in [-0.2, -0.15) is 0 Å². The van der Waals surface area contributed by atoms with Crippen molar-refractivity contribution in [3.05, 3.63) is 24.0 Å². The molecule has 0 fully saturated rings. The number of nitrogens with zero attached hydrogens (tertiary/aromatic N) is 3. The van der Waals surface area contributed by atoms with Gasteiger partial charge in [0.25, 0.3) is 0 Å². The smallest absolute Gasteiger partial charge is 0.156 e. The summed E-state index contributed by atoms with van der Waals surface area (Å²) in [5.41, 5.74) is 0. The molecule has 0 aromatic carbocycles. The normalized spacial score (nSPS) is 10.2. The van der Waals surface area contributed by atoms with Crippen molar-refractivity contribution >= 4 is 28.9 Å². The molecule has 0 saturated carbocycles. The molecule has 0 radical (unpaired) electrons. The van der Waals surface area contributed by atoms with Crippen molar-refractivity contribution in [3.63, 3.8) is 0 Å². The van der Waals surface area contributed by atoms with Crippen molar-refractivity contribution < 1.29 is 0 Å². The fraction of sp³-hybridized carbons (Fsp3) is 0.222. The second-order valence-corrected chi connectivity index (χ2v) is 4.83. The zero-order valence-electron chi connectivity index (χ0n) is 8.17. The van der Waals surface area contributed by atoms with Gasteiger partial charge < -0.3 is 5.32 Å². The van der Waals surface area contributed by atoms with E-state index in [4.69, 9.17) is 0 Å². The molecule has 0 aliphatic carbocycles. The minimum Gasteiger partial charge on any atom is -0.370 e. The van der Waals surface area contributed by atoms with Gasteiger partial charge in [-0.3, -0.25) is 0 Å². The van der Waals surface area contributed by atoms with E-state index >= 15 is 0 Å². The van der Waals surface area contributed by atoms with Gasteiger partial charge in [0.1, 0.15) is 17.2 Å². The molecular formula is C9H10N4S2. The molecular weight excluding hydrogens is 228 g/mol. The molecule has 2 rings (SSSR count). The summed E-state index contributed by atoms with van der Waals surface area (Å²) in [6.07, 6.45) is 3.35. The Kier molecular flexibility index (Phi) is 3.52. The first-order valence-electron chi connectivity index (χ1n) is 4.51. The van der Waals surface area contributed by atoms with Crippen LogP contribution in [0.2, 0.25) is 0 Å². The van der Waals surface area contributed by atoms with Crippen LogP contribution in [-0.2, 0) is 0 Å². The number of hydrogen-bond acceptors (Lipinski definition) is 6. The summed E-state index contributed by atoms with van der Waals surface area (Å²) >= 11 is 3.16. The van der Waals surface area contributed by atoms with E-state index < -0.39 is 0 Å². The standard InChI is InChI=1S/C9H10N4S2/c1-2-10-7-5-8(13-6-12-7)15-9-11-3-4-14-9/h3-6H,2H2,1H3,(H,10,12,13). The SMILES string of the molecule is CCNc1cc(Sc2nccs2)ncn1. The van der Waals surface area contributed by atoms with Crippen LogP contribution >= 0.6 is 23.1 Å². The minimum absolute atomic E-state index is 0.853. The summed E-state index contributed by atoms with van der Waals surface area (Å²) in [5, 5.41) is 6.01. The molecule has 2 aromatic heterocycles. The molecule has 0 bridgehead atoms. The van der Waals surface area contributed by atoms with E-state index in [1.54, 1.807) is 35.6 Å². The topological polar surface area (TPSA) is 50.7 Å². The number of hydrogen-bond donors (Lipinski definition) is 1. The number of nitrogens with one attached hydrogen (secondary N) is 1. The molecule has 0 aliphatic rings. The van der Waals surface area contributed by atoms with E-state index in [1.165, 1.54) is 0 Å².